The molecule has 2 fully saturated rings. The van der Waals surface area contributed by atoms with Gasteiger partial charge >= 0.3 is 0 Å². The van der Waals surface area contributed by atoms with Crippen molar-refractivity contribution >= 4 is 5.91 Å². The van der Waals surface area contributed by atoms with Crippen LogP contribution in [0.25, 0.3) is 5.69 Å². The number of likely N-dealkylation sites (tertiary alicyclic amines) is 1. The number of hydrogen-bond acceptors (Lipinski definition) is 3. The fourth-order valence-corrected chi connectivity index (χ4v) is 3.83. The van der Waals surface area contributed by atoms with Crippen LogP contribution in [-0.4, -0.2) is 39.7 Å². The second-order valence-electron chi connectivity index (χ2n) is 6.37. The molecule has 2 heterocycles. The molecule has 1 aromatic heterocycles. The lowest BCUT2D eigenvalue weighted by Gasteiger charge is -2.19. The van der Waals surface area contributed by atoms with Crippen molar-refractivity contribution in [2.45, 2.75) is 18.9 Å². The standard InChI is InChI=1S/C17H20N4O/c18-16-7-4-13-10-20(11-15(13)16)17(22)12-2-5-14(6-3-12)21-9-1-8-19-21/h1-3,5-6,8-9,13,15-16H,4,7,10-11,18H2. The number of nitrogens with two attached hydrogens (primary N) is 1. The maximum Gasteiger partial charge on any atom is 0.253 e. The molecule has 0 spiro atoms. The molecule has 3 unspecified atom stereocenters. The number of benzene rings is 1. The van der Waals surface area contributed by atoms with Crippen molar-refractivity contribution in [1.82, 2.24) is 14.7 Å². The van der Waals surface area contributed by atoms with Crippen LogP contribution in [0.5, 0.6) is 0 Å². The predicted octanol–water partition coefficient (Wildman–Crippen LogP) is 1.68. The number of carbonyl (C=O) groups is 1. The number of carbonyl (C=O) groups excluding carboxylic acids is 1. The summed E-state index contributed by atoms with van der Waals surface area (Å²) >= 11 is 0. The highest BCUT2D eigenvalue weighted by Crippen LogP contribution is 2.37. The van der Waals surface area contributed by atoms with Crippen LogP contribution in [-0.2, 0) is 0 Å². The maximum absolute atomic E-state index is 12.6. The first-order valence-electron chi connectivity index (χ1n) is 7.87. The highest BCUT2D eigenvalue weighted by atomic mass is 16.2. The van der Waals surface area contributed by atoms with Crippen LogP contribution in [0, 0.1) is 11.8 Å². The number of nitrogens with zero attached hydrogens (tertiary/aromatic N) is 3. The number of fused-ring (bicyclic) bond motifs is 1. The van der Waals surface area contributed by atoms with E-state index in [1.165, 1.54) is 0 Å². The Hall–Kier alpha value is -2.14. The Labute approximate surface area is 129 Å². The molecule has 3 atom stereocenters. The van der Waals surface area contributed by atoms with E-state index >= 15 is 0 Å². The zero-order chi connectivity index (χ0) is 15.1. The largest absolute Gasteiger partial charge is 0.338 e. The van der Waals surface area contributed by atoms with Crippen molar-refractivity contribution in [3.63, 3.8) is 0 Å². The summed E-state index contributed by atoms with van der Waals surface area (Å²) in [5, 5.41) is 4.19. The lowest BCUT2D eigenvalue weighted by molar-refractivity contribution is 0.0779. The summed E-state index contributed by atoms with van der Waals surface area (Å²) in [5.41, 5.74) is 7.85. The average Bonchev–Trinajstić information content (AvgIpc) is 3.26. The minimum Gasteiger partial charge on any atom is -0.338 e. The Morgan fingerprint density at radius 2 is 2.00 bits per heavy atom. The van der Waals surface area contributed by atoms with Gasteiger partial charge in [-0.15, -0.1) is 0 Å². The minimum absolute atomic E-state index is 0.119. The third-order valence-electron chi connectivity index (χ3n) is 5.08. The monoisotopic (exact) mass is 296 g/mol. The summed E-state index contributed by atoms with van der Waals surface area (Å²) in [4.78, 5) is 14.6. The van der Waals surface area contributed by atoms with Gasteiger partial charge in [-0.25, -0.2) is 4.68 Å². The first-order chi connectivity index (χ1) is 10.7. The Balaban J connectivity index is 1.49. The lowest BCUT2D eigenvalue weighted by atomic mass is 9.98. The molecule has 2 aromatic rings. The molecule has 2 N–H and O–H groups in total. The van der Waals surface area contributed by atoms with Crippen LogP contribution in [0.2, 0.25) is 0 Å². The highest BCUT2D eigenvalue weighted by Gasteiger charge is 2.42. The third kappa shape index (κ3) is 2.22. The maximum atomic E-state index is 12.6. The summed E-state index contributed by atoms with van der Waals surface area (Å²) in [6.07, 6.45) is 5.90. The van der Waals surface area contributed by atoms with Crippen molar-refractivity contribution in [3.05, 3.63) is 48.3 Å². The van der Waals surface area contributed by atoms with E-state index in [9.17, 15) is 4.79 Å². The highest BCUT2D eigenvalue weighted by molar-refractivity contribution is 5.94. The number of aromatic nitrogens is 2. The van der Waals surface area contributed by atoms with E-state index in [4.69, 9.17) is 5.73 Å². The normalized spacial score (nSPS) is 27.1. The first kappa shape index (κ1) is 13.5. The SMILES string of the molecule is NC1CCC2CN(C(=O)c3ccc(-n4cccn4)cc3)CC12. The Morgan fingerprint density at radius 1 is 1.18 bits per heavy atom. The van der Waals surface area contributed by atoms with Gasteiger partial charge in [0.1, 0.15) is 0 Å². The van der Waals surface area contributed by atoms with Crippen molar-refractivity contribution < 1.29 is 4.79 Å². The third-order valence-corrected chi connectivity index (χ3v) is 5.08. The van der Waals surface area contributed by atoms with Crippen LogP contribution in [0.4, 0.5) is 0 Å². The zero-order valence-electron chi connectivity index (χ0n) is 12.4. The molecular formula is C17H20N4O. The van der Waals surface area contributed by atoms with Crippen LogP contribution in [0.1, 0.15) is 23.2 Å². The minimum atomic E-state index is 0.119. The molecule has 1 aliphatic heterocycles. The quantitative estimate of drug-likeness (QED) is 0.917. The van der Waals surface area contributed by atoms with Crippen molar-refractivity contribution in [3.8, 4) is 5.69 Å². The molecular weight excluding hydrogens is 276 g/mol. The second-order valence-corrected chi connectivity index (χ2v) is 6.37. The van der Waals surface area contributed by atoms with Gasteiger partial charge in [0.2, 0.25) is 0 Å². The Morgan fingerprint density at radius 3 is 2.68 bits per heavy atom. The van der Waals surface area contributed by atoms with E-state index < -0.39 is 0 Å². The Bertz CT molecular complexity index is 664. The van der Waals surface area contributed by atoms with Gasteiger partial charge in [0, 0.05) is 37.1 Å². The molecule has 1 amide bonds. The summed E-state index contributed by atoms with van der Waals surface area (Å²) in [6, 6.07) is 9.78. The van der Waals surface area contributed by atoms with E-state index in [2.05, 4.69) is 5.10 Å². The van der Waals surface area contributed by atoms with Gasteiger partial charge < -0.3 is 10.6 Å². The summed E-state index contributed by atoms with van der Waals surface area (Å²) in [5.74, 6) is 1.21. The molecule has 1 saturated carbocycles. The van der Waals surface area contributed by atoms with Crippen LogP contribution >= 0.6 is 0 Å². The number of hydrogen-bond donors (Lipinski definition) is 1. The summed E-state index contributed by atoms with van der Waals surface area (Å²) in [6.45, 7) is 1.67. The molecule has 1 aromatic carbocycles. The van der Waals surface area contributed by atoms with Gasteiger partial charge in [0.15, 0.2) is 0 Å². The van der Waals surface area contributed by atoms with E-state index in [0.717, 1.165) is 37.2 Å². The van der Waals surface area contributed by atoms with Gasteiger partial charge in [-0.3, -0.25) is 4.79 Å². The van der Waals surface area contributed by atoms with Crippen molar-refractivity contribution in [1.29, 1.82) is 0 Å². The fraction of sp³-hybridized carbons (Fsp3) is 0.412. The van der Waals surface area contributed by atoms with Gasteiger partial charge in [-0.2, -0.15) is 5.10 Å². The van der Waals surface area contributed by atoms with Gasteiger partial charge in [0.25, 0.3) is 5.91 Å². The molecule has 2 aliphatic rings. The smallest absolute Gasteiger partial charge is 0.253 e. The number of amides is 1. The fourth-order valence-electron chi connectivity index (χ4n) is 3.83. The van der Waals surface area contributed by atoms with E-state index in [1.807, 2.05) is 41.4 Å². The van der Waals surface area contributed by atoms with Crippen LogP contribution < -0.4 is 5.73 Å². The summed E-state index contributed by atoms with van der Waals surface area (Å²) in [7, 11) is 0. The Kier molecular flexibility index (Phi) is 3.22. The molecule has 5 nitrogen and oxygen atoms in total. The van der Waals surface area contributed by atoms with Gasteiger partial charge in [-0.1, -0.05) is 0 Å². The van der Waals surface area contributed by atoms with Crippen molar-refractivity contribution in [2.75, 3.05) is 13.1 Å². The van der Waals surface area contributed by atoms with Crippen LogP contribution in [0.3, 0.4) is 0 Å². The molecule has 0 radical (unpaired) electrons. The molecule has 4 rings (SSSR count). The lowest BCUT2D eigenvalue weighted by Crippen LogP contribution is -2.33. The van der Waals surface area contributed by atoms with Gasteiger partial charge in [0.05, 0.1) is 5.69 Å². The topological polar surface area (TPSA) is 64.2 Å². The number of rotatable bonds is 2. The zero-order valence-corrected chi connectivity index (χ0v) is 12.4. The predicted molar refractivity (Wildman–Crippen MR) is 83.7 cm³/mol. The molecule has 1 aliphatic carbocycles. The van der Waals surface area contributed by atoms with Crippen molar-refractivity contribution in [2.24, 2.45) is 17.6 Å². The van der Waals surface area contributed by atoms with E-state index in [1.54, 1.807) is 10.9 Å². The molecule has 114 valence electrons. The first-order valence-corrected chi connectivity index (χ1v) is 7.87. The molecule has 5 heteroatoms. The second kappa shape index (κ2) is 5.25. The van der Waals surface area contributed by atoms with E-state index in [0.29, 0.717) is 11.8 Å². The van der Waals surface area contributed by atoms with Gasteiger partial charge in [-0.05, 0) is 55.0 Å². The van der Waals surface area contributed by atoms with E-state index in [-0.39, 0.29) is 11.9 Å². The van der Waals surface area contributed by atoms with Crippen LogP contribution in [0.15, 0.2) is 42.7 Å². The molecule has 22 heavy (non-hydrogen) atoms. The average molecular weight is 296 g/mol. The molecule has 1 saturated heterocycles. The molecule has 0 bridgehead atoms. The summed E-state index contributed by atoms with van der Waals surface area (Å²) < 4.78 is 1.79.